The summed E-state index contributed by atoms with van der Waals surface area (Å²) in [4.78, 5) is 12.4. The molecule has 6 heteroatoms. The van der Waals surface area contributed by atoms with Gasteiger partial charge in [-0.1, -0.05) is 47.5 Å². The number of amides is 1. The monoisotopic (exact) mass is 455 g/mol. The lowest BCUT2D eigenvalue weighted by Gasteiger charge is -2.12. The van der Waals surface area contributed by atoms with Gasteiger partial charge in [-0.2, -0.15) is 0 Å². The van der Waals surface area contributed by atoms with Crippen LogP contribution in [0.2, 0.25) is 10.0 Å². The van der Waals surface area contributed by atoms with Crippen molar-refractivity contribution in [3.05, 3.63) is 93.0 Å². The number of nitrogens with one attached hydrogen (secondary N) is 1. The lowest BCUT2D eigenvalue weighted by atomic mass is 10.1. The van der Waals surface area contributed by atoms with Crippen LogP contribution in [0.3, 0.4) is 0 Å². The van der Waals surface area contributed by atoms with Crippen molar-refractivity contribution >= 4 is 40.9 Å². The quantitative estimate of drug-likeness (QED) is 0.396. The SMILES string of the molecule is COc1cc(C=CC(=O)Nc2c(C)cc(C)cc2Cl)ccc1OCc1ccc(Cl)cc1. The van der Waals surface area contributed by atoms with Crippen molar-refractivity contribution in [2.75, 3.05) is 12.4 Å². The zero-order chi connectivity index (χ0) is 22.4. The number of rotatable bonds is 7. The highest BCUT2D eigenvalue weighted by molar-refractivity contribution is 6.34. The number of carbonyl (C=O) groups is 1. The largest absolute Gasteiger partial charge is 0.493 e. The van der Waals surface area contributed by atoms with Gasteiger partial charge in [0.1, 0.15) is 6.61 Å². The molecule has 0 spiro atoms. The molecule has 31 heavy (non-hydrogen) atoms. The number of halogens is 2. The minimum absolute atomic E-state index is 0.268. The Bertz CT molecular complexity index is 1090. The predicted octanol–water partition coefficient (Wildman–Crippen LogP) is 6.85. The molecule has 0 fully saturated rings. The van der Waals surface area contributed by atoms with Crippen LogP contribution < -0.4 is 14.8 Å². The van der Waals surface area contributed by atoms with E-state index in [0.717, 1.165) is 22.3 Å². The van der Waals surface area contributed by atoms with Crippen LogP contribution in [0, 0.1) is 13.8 Å². The maximum Gasteiger partial charge on any atom is 0.248 e. The van der Waals surface area contributed by atoms with Crippen molar-refractivity contribution in [3.63, 3.8) is 0 Å². The van der Waals surface area contributed by atoms with E-state index in [0.29, 0.717) is 33.8 Å². The first-order valence-corrected chi connectivity index (χ1v) is 10.4. The summed E-state index contributed by atoms with van der Waals surface area (Å²) in [7, 11) is 1.58. The van der Waals surface area contributed by atoms with Crippen LogP contribution in [0.15, 0.2) is 60.7 Å². The molecule has 0 atom stereocenters. The highest BCUT2D eigenvalue weighted by atomic mass is 35.5. The molecule has 0 heterocycles. The number of methoxy groups -OCH3 is 1. The molecule has 1 N–H and O–H groups in total. The first-order valence-electron chi connectivity index (χ1n) is 9.67. The standard InChI is InChI=1S/C25H23Cl2NO3/c1-16-12-17(2)25(21(27)13-16)28-24(29)11-7-18-6-10-22(23(14-18)30-3)31-15-19-4-8-20(26)9-5-19/h4-14H,15H2,1-3H3,(H,28,29). The van der Waals surface area contributed by atoms with Crippen LogP contribution in [0.25, 0.3) is 6.08 Å². The molecule has 4 nitrogen and oxygen atoms in total. The van der Waals surface area contributed by atoms with E-state index in [1.54, 1.807) is 13.2 Å². The van der Waals surface area contributed by atoms with Crippen molar-refractivity contribution in [1.82, 2.24) is 0 Å². The van der Waals surface area contributed by atoms with E-state index in [2.05, 4.69) is 5.32 Å². The normalized spacial score (nSPS) is 10.9. The predicted molar refractivity (Wildman–Crippen MR) is 127 cm³/mol. The molecule has 0 aliphatic heterocycles. The Kier molecular flexibility index (Phi) is 7.61. The zero-order valence-electron chi connectivity index (χ0n) is 17.5. The second kappa shape index (κ2) is 10.4. The van der Waals surface area contributed by atoms with Crippen LogP contribution in [-0.2, 0) is 11.4 Å². The van der Waals surface area contributed by atoms with Gasteiger partial charge in [0.15, 0.2) is 11.5 Å². The third kappa shape index (κ3) is 6.27. The van der Waals surface area contributed by atoms with Crippen molar-refractivity contribution in [1.29, 1.82) is 0 Å². The zero-order valence-corrected chi connectivity index (χ0v) is 19.1. The summed E-state index contributed by atoms with van der Waals surface area (Å²) >= 11 is 12.2. The van der Waals surface area contributed by atoms with Gasteiger partial charge in [0.25, 0.3) is 0 Å². The molecule has 3 rings (SSSR count). The molecular formula is C25H23Cl2NO3. The van der Waals surface area contributed by atoms with Crippen LogP contribution >= 0.6 is 23.2 Å². The Labute approximate surface area is 192 Å². The Morgan fingerprint density at radius 1 is 1.00 bits per heavy atom. The Hall–Kier alpha value is -2.95. The minimum atomic E-state index is -0.268. The first kappa shape index (κ1) is 22.7. The summed E-state index contributed by atoms with van der Waals surface area (Å²) < 4.78 is 11.3. The molecule has 0 saturated carbocycles. The molecule has 0 radical (unpaired) electrons. The topological polar surface area (TPSA) is 47.6 Å². The summed E-state index contributed by atoms with van der Waals surface area (Å²) in [5.41, 5.74) is 4.37. The Balaban J connectivity index is 1.67. The third-order valence-corrected chi connectivity index (χ3v) is 5.15. The average Bonchev–Trinajstić information content (AvgIpc) is 2.74. The number of aryl methyl sites for hydroxylation is 2. The van der Waals surface area contributed by atoms with Gasteiger partial charge in [-0.05, 0) is 72.5 Å². The third-order valence-electron chi connectivity index (χ3n) is 4.60. The smallest absolute Gasteiger partial charge is 0.248 e. The Morgan fingerprint density at radius 3 is 2.42 bits per heavy atom. The molecule has 0 aliphatic carbocycles. The lowest BCUT2D eigenvalue weighted by molar-refractivity contribution is -0.111. The van der Waals surface area contributed by atoms with Crippen LogP contribution in [0.1, 0.15) is 22.3 Å². The van der Waals surface area contributed by atoms with E-state index in [-0.39, 0.29) is 5.91 Å². The van der Waals surface area contributed by atoms with E-state index < -0.39 is 0 Å². The molecule has 0 aromatic heterocycles. The highest BCUT2D eigenvalue weighted by Crippen LogP contribution is 2.30. The molecule has 160 valence electrons. The van der Waals surface area contributed by atoms with Crippen molar-refractivity contribution < 1.29 is 14.3 Å². The Morgan fingerprint density at radius 2 is 1.74 bits per heavy atom. The minimum Gasteiger partial charge on any atom is -0.493 e. The molecule has 1 amide bonds. The van der Waals surface area contributed by atoms with E-state index in [1.165, 1.54) is 6.08 Å². The summed E-state index contributed by atoms with van der Waals surface area (Å²) in [6, 6.07) is 16.7. The summed E-state index contributed by atoms with van der Waals surface area (Å²) in [6.45, 7) is 4.26. The average molecular weight is 456 g/mol. The van der Waals surface area contributed by atoms with Crippen molar-refractivity contribution in [3.8, 4) is 11.5 Å². The van der Waals surface area contributed by atoms with Gasteiger partial charge >= 0.3 is 0 Å². The number of hydrogen-bond acceptors (Lipinski definition) is 3. The maximum atomic E-state index is 12.4. The number of carbonyl (C=O) groups excluding carboxylic acids is 1. The van der Waals surface area contributed by atoms with E-state index >= 15 is 0 Å². The molecule has 0 unspecified atom stereocenters. The van der Waals surface area contributed by atoms with Gasteiger partial charge in [-0.15, -0.1) is 0 Å². The van der Waals surface area contributed by atoms with Gasteiger partial charge < -0.3 is 14.8 Å². The molecule has 0 bridgehead atoms. The van der Waals surface area contributed by atoms with E-state index in [4.69, 9.17) is 32.7 Å². The fourth-order valence-corrected chi connectivity index (χ4v) is 3.55. The van der Waals surface area contributed by atoms with Crippen molar-refractivity contribution in [2.45, 2.75) is 20.5 Å². The summed E-state index contributed by atoms with van der Waals surface area (Å²) in [5.74, 6) is 0.922. The van der Waals surface area contributed by atoms with E-state index in [1.807, 2.05) is 68.4 Å². The second-order valence-corrected chi connectivity index (χ2v) is 7.93. The van der Waals surface area contributed by atoms with Gasteiger partial charge in [-0.25, -0.2) is 0 Å². The van der Waals surface area contributed by atoms with Crippen molar-refractivity contribution in [2.24, 2.45) is 0 Å². The number of hydrogen-bond donors (Lipinski definition) is 1. The van der Waals surface area contributed by atoms with Crippen LogP contribution in [-0.4, -0.2) is 13.0 Å². The number of benzene rings is 3. The fraction of sp³-hybridized carbons (Fsp3) is 0.160. The van der Waals surface area contributed by atoms with Crippen LogP contribution in [0.4, 0.5) is 5.69 Å². The molecule has 3 aromatic carbocycles. The number of ether oxygens (including phenoxy) is 2. The van der Waals surface area contributed by atoms with Crippen LogP contribution in [0.5, 0.6) is 11.5 Å². The molecule has 0 aliphatic rings. The van der Waals surface area contributed by atoms with Gasteiger partial charge in [0.05, 0.1) is 17.8 Å². The molecule has 3 aromatic rings. The summed E-state index contributed by atoms with van der Waals surface area (Å²) in [5, 5.41) is 4.03. The number of anilines is 1. The maximum absolute atomic E-state index is 12.4. The molecule has 0 saturated heterocycles. The molecular weight excluding hydrogens is 433 g/mol. The second-order valence-electron chi connectivity index (χ2n) is 7.09. The van der Waals surface area contributed by atoms with E-state index in [9.17, 15) is 4.79 Å². The summed E-state index contributed by atoms with van der Waals surface area (Å²) in [6.07, 6.45) is 3.16. The van der Waals surface area contributed by atoms with Gasteiger partial charge in [-0.3, -0.25) is 4.79 Å². The lowest BCUT2D eigenvalue weighted by Crippen LogP contribution is -2.09. The highest BCUT2D eigenvalue weighted by Gasteiger charge is 2.09. The first-order chi connectivity index (χ1) is 14.9. The fourth-order valence-electron chi connectivity index (χ4n) is 3.06. The van der Waals surface area contributed by atoms with Gasteiger partial charge in [0.2, 0.25) is 5.91 Å². The van der Waals surface area contributed by atoms with Gasteiger partial charge in [0, 0.05) is 11.1 Å².